The molecule has 2 aromatic rings. The Kier molecular flexibility index (Phi) is 4.40. The fraction of sp³-hybridized carbons (Fsp3) is 0.400. The van der Waals surface area contributed by atoms with Crippen LogP contribution in [0.2, 0.25) is 5.02 Å². The second kappa shape index (κ2) is 6.30. The number of aromatic nitrogens is 1. The van der Waals surface area contributed by atoms with E-state index in [1.165, 1.54) is 0 Å². The van der Waals surface area contributed by atoms with E-state index in [2.05, 4.69) is 4.98 Å². The molecule has 0 N–H and O–H groups in total. The summed E-state index contributed by atoms with van der Waals surface area (Å²) in [6.45, 7) is 4.98. The zero-order chi connectivity index (χ0) is 15.7. The molecule has 1 aromatic carbocycles. The van der Waals surface area contributed by atoms with E-state index in [1.807, 2.05) is 13.8 Å². The highest BCUT2D eigenvalue weighted by molar-refractivity contribution is 7.84. The summed E-state index contributed by atoms with van der Waals surface area (Å²) in [6.07, 6.45) is 1.67. The van der Waals surface area contributed by atoms with Crippen molar-refractivity contribution in [3.8, 4) is 11.5 Å². The predicted molar refractivity (Wildman–Crippen MR) is 83.1 cm³/mol. The third kappa shape index (κ3) is 3.13. The van der Waals surface area contributed by atoms with Crippen molar-refractivity contribution in [3.05, 3.63) is 35.0 Å². The monoisotopic (exact) mass is 341 g/mol. The molecule has 0 amide bonds. The van der Waals surface area contributed by atoms with E-state index < -0.39 is 10.8 Å². The number of fused-ring (bicyclic) bond motifs is 1. The molecule has 1 atom stereocenters. The van der Waals surface area contributed by atoms with E-state index in [0.717, 1.165) is 5.76 Å². The SMILES string of the molecule is CC(C)c1cnc(C[S@@](=O)c2cc3c(cc2Cl)OCCO3)o1. The van der Waals surface area contributed by atoms with E-state index in [0.29, 0.717) is 40.5 Å². The third-order valence-corrected chi connectivity index (χ3v) is 5.00. The minimum Gasteiger partial charge on any atom is -0.486 e. The van der Waals surface area contributed by atoms with Gasteiger partial charge in [-0.2, -0.15) is 0 Å². The van der Waals surface area contributed by atoms with E-state index in [1.54, 1.807) is 18.3 Å². The Hall–Kier alpha value is -1.53. The summed E-state index contributed by atoms with van der Waals surface area (Å²) >= 11 is 6.20. The van der Waals surface area contributed by atoms with Crippen LogP contribution in [0.3, 0.4) is 0 Å². The smallest absolute Gasteiger partial charge is 0.207 e. The number of nitrogens with zero attached hydrogens (tertiary/aromatic N) is 1. The molecule has 0 fully saturated rings. The van der Waals surface area contributed by atoms with Gasteiger partial charge in [0, 0.05) is 18.1 Å². The minimum atomic E-state index is -1.37. The Morgan fingerprint density at radius 2 is 1.95 bits per heavy atom. The van der Waals surface area contributed by atoms with Crippen LogP contribution >= 0.6 is 11.6 Å². The normalized spacial score (nSPS) is 15.1. The lowest BCUT2D eigenvalue weighted by Crippen LogP contribution is -2.15. The van der Waals surface area contributed by atoms with Gasteiger partial charge in [0.15, 0.2) is 11.5 Å². The van der Waals surface area contributed by atoms with Crippen molar-refractivity contribution in [3.63, 3.8) is 0 Å². The van der Waals surface area contributed by atoms with Crippen molar-refractivity contribution in [1.29, 1.82) is 0 Å². The van der Waals surface area contributed by atoms with Gasteiger partial charge in [-0.15, -0.1) is 0 Å². The molecule has 118 valence electrons. The van der Waals surface area contributed by atoms with Crippen LogP contribution in [0.5, 0.6) is 11.5 Å². The second-order valence-corrected chi connectivity index (χ2v) is 7.05. The van der Waals surface area contributed by atoms with Gasteiger partial charge in [0.1, 0.15) is 24.7 Å². The maximum atomic E-state index is 12.5. The Labute approximate surface area is 136 Å². The van der Waals surface area contributed by atoms with Crippen molar-refractivity contribution in [1.82, 2.24) is 4.98 Å². The summed E-state index contributed by atoms with van der Waals surface area (Å²) in [4.78, 5) is 4.66. The maximum Gasteiger partial charge on any atom is 0.207 e. The maximum absolute atomic E-state index is 12.5. The first kappa shape index (κ1) is 15.4. The van der Waals surface area contributed by atoms with Crippen molar-refractivity contribution >= 4 is 22.4 Å². The highest BCUT2D eigenvalue weighted by Gasteiger charge is 2.20. The standard InChI is InChI=1S/C15H16ClNO4S/c1-9(2)13-7-17-15(21-13)8-22(18)14-6-12-11(5-10(14)16)19-3-4-20-12/h5-7,9H,3-4,8H2,1-2H3/t22-/m1/s1. The number of benzene rings is 1. The van der Waals surface area contributed by atoms with Crippen molar-refractivity contribution < 1.29 is 18.1 Å². The van der Waals surface area contributed by atoms with E-state index >= 15 is 0 Å². The highest BCUT2D eigenvalue weighted by atomic mass is 35.5. The summed E-state index contributed by atoms with van der Waals surface area (Å²) in [6, 6.07) is 3.30. The molecule has 0 saturated heterocycles. The average Bonchev–Trinajstić information content (AvgIpc) is 2.95. The highest BCUT2D eigenvalue weighted by Crippen LogP contribution is 2.37. The summed E-state index contributed by atoms with van der Waals surface area (Å²) in [5.74, 6) is 2.77. The van der Waals surface area contributed by atoms with E-state index in [4.69, 9.17) is 25.5 Å². The molecule has 0 bridgehead atoms. The van der Waals surface area contributed by atoms with E-state index in [-0.39, 0.29) is 11.7 Å². The van der Waals surface area contributed by atoms with Crippen molar-refractivity contribution in [2.24, 2.45) is 0 Å². The summed E-state index contributed by atoms with van der Waals surface area (Å²) < 4.78 is 29.1. The van der Waals surface area contributed by atoms with Crippen LogP contribution in [0.15, 0.2) is 27.6 Å². The van der Waals surface area contributed by atoms with Crippen LogP contribution in [0.25, 0.3) is 0 Å². The molecule has 7 heteroatoms. The summed E-state index contributed by atoms with van der Waals surface area (Å²) in [5, 5.41) is 0.387. The average molecular weight is 342 g/mol. The lowest BCUT2D eigenvalue weighted by molar-refractivity contribution is 0.171. The molecule has 0 radical (unpaired) electrons. The Morgan fingerprint density at radius 1 is 1.27 bits per heavy atom. The van der Waals surface area contributed by atoms with Gasteiger partial charge >= 0.3 is 0 Å². The molecule has 0 saturated carbocycles. The van der Waals surface area contributed by atoms with Gasteiger partial charge in [0.25, 0.3) is 0 Å². The molecular formula is C15H16ClNO4S. The van der Waals surface area contributed by atoms with Crippen LogP contribution in [0.4, 0.5) is 0 Å². The van der Waals surface area contributed by atoms with E-state index in [9.17, 15) is 4.21 Å². The molecule has 0 spiro atoms. The topological polar surface area (TPSA) is 61.6 Å². The molecule has 1 aliphatic heterocycles. The molecule has 5 nitrogen and oxygen atoms in total. The van der Waals surface area contributed by atoms with Gasteiger partial charge in [-0.25, -0.2) is 4.98 Å². The molecule has 3 rings (SSSR count). The lowest BCUT2D eigenvalue weighted by Gasteiger charge is -2.19. The number of halogens is 1. The number of hydrogen-bond acceptors (Lipinski definition) is 5. The molecule has 0 aliphatic carbocycles. The Balaban J connectivity index is 1.82. The van der Waals surface area contributed by atoms with Gasteiger partial charge in [0.05, 0.1) is 26.9 Å². The Morgan fingerprint density at radius 3 is 2.59 bits per heavy atom. The first-order valence-corrected chi connectivity index (χ1v) is 8.66. The Bertz CT molecular complexity index is 714. The summed E-state index contributed by atoms with van der Waals surface area (Å²) in [7, 11) is -1.37. The van der Waals surface area contributed by atoms with Gasteiger partial charge in [-0.1, -0.05) is 25.4 Å². The fourth-order valence-corrected chi connectivity index (χ4v) is 3.51. The molecule has 1 aromatic heterocycles. The van der Waals surface area contributed by atoms with Crippen LogP contribution in [0.1, 0.15) is 31.4 Å². The van der Waals surface area contributed by atoms with Gasteiger partial charge in [-0.05, 0) is 0 Å². The van der Waals surface area contributed by atoms with Crippen LogP contribution in [-0.2, 0) is 16.6 Å². The largest absolute Gasteiger partial charge is 0.486 e. The number of hydrogen-bond donors (Lipinski definition) is 0. The quantitative estimate of drug-likeness (QED) is 0.851. The molecule has 2 heterocycles. The number of ether oxygens (including phenoxy) is 2. The van der Waals surface area contributed by atoms with Crippen LogP contribution in [0, 0.1) is 0 Å². The molecular weight excluding hydrogens is 326 g/mol. The molecule has 22 heavy (non-hydrogen) atoms. The van der Waals surface area contributed by atoms with Crippen LogP contribution < -0.4 is 9.47 Å². The van der Waals surface area contributed by atoms with Gasteiger partial charge in [0.2, 0.25) is 5.89 Å². The number of rotatable bonds is 4. The summed E-state index contributed by atoms with van der Waals surface area (Å²) in [5.41, 5.74) is 0. The first-order valence-electron chi connectivity index (χ1n) is 6.96. The van der Waals surface area contributed by atoms with Crippen molar-refractivity contribution in [2.45, 2.75) is 30.4 Å². The zero-order valence-electron chi connectivity index (χ0n) is 12.3. The predicted octanol–water partition coefficient (Wildman–Crippen LogP) is 3.53. The minimum absolute atomic E-state index is 0.173. The van der Waals surface area contributed by atoms with Gasteiger partial charge < -0.3 is 13.9 Å². The third-order valence-electron chi connectivity index (χ3n) is 3.24. The molecule has 1 aliphatic rings. The second-order valence-electron chi connectivity index (χ2n) is 5.23. The fourth-order valence-electron chi connectivity index (χ4n) is 2.07. The van der Waals surface area contributed by atoms with Gasteiger partial charge in [-0.3, -0.25) is 4.21 Å². The number of oxazole rings is 1. The lowest BCUT2D eigenvalue weighted by atomic mass is 10.2. The first-order chi connectivity index (χ1) is 10.5. The molecule has 0 unspecified atom stereocenters. The zero-order valence-corrected chi connectivity index (χ0v) is 13.9. The van der Waals surface area contributed by atoms with Crippen molar-refractivity contribution in [2.75, 3.05) is 13.2 Å². The van der Waals surface area contributed by atoms with Crippen LogP contribution in [-0.4, -0.2) is 22.4 Å².